The molecule has 29 heavy (non-hydrogen) atoms. The van der Waals surface area contributed by atoms with Gasteiger partial charge in [0.25, 0.3) is 11.8 Å². The van der Waals surface area contributed by atoms with E-state index in [1.165, 1.54) is 0 Å². The fourth-order valence-corrected chi connectivity index (χ4v) is 2.87. The first kappa shape index (κ1) is 20.1. The summed E-state index contributed by atoms with van der Waals surface area (Å²) in [5.74, 6) is 0.242. The molecule has 0 bridgehead atoms. The molecule has 2 N–H and O–H groups in total. The van der Waals surface area contributed by atoms with Crippen LogP contribution in [0, 0.1) is 0 Å². The van der Waals surface area contributed by atoms with Crippen molar-refractivity contribution in [3.63, 3.8) is 0 Å². The molecule has 0 aliphatic carbocycles. The lowest BCUT2D eigenvalue weighted by atomic mass is 10.1. The molecule has 0 aliphatic heterocycles. The van der Waals surface area contributed by atoms with Crippen LogP contribution >= 0.6 is 0 Å². The highest BCUT2D eigenvalue weighted by molar-refractivity contribution is 5.95. The summed E-state index contributed by atoms with van der Waals surface area (Å²) in [6.07, 6.45) is 0. The fourth-order valence-electron chi connectivity index (χ4n) is 2.87. The fraction of sp³-hybridized carbons (Fsp3) is 0.227. The summed E-state index contributed by atoms with van der Waals surface area (Å²) in [5, 5.41) is 9.83. The quantitative estimate of drug-likeness (QED) is 0.577. The number of nitrogens with one attached hydrogen (secondary N) is 2. The van der Waals surface area contributed by atoms with Crippen LogP contribution in [-0.4, -0.2) is 41.3 Å². The van der Waals surface area contributed by atoms with E-state index >= 15 is 0 Å². The lowest BCUT2D eigenvalue weighted by Crippen LogP contribution is -2.34. The molecule has 0 unspecified atom stereocenters. The highest BCUT2D eigenvalue weighted by Crippen LogP contribution is 2.19. The molecule has 0 saturated carbocycles. The molecule has 2 amide bonds. The molecule has 0 spiro atoms. The summed E-state index contributed by atoms with van der Waals surface area (Å²) in [7, 11) is 1.80. The number of aromatic nitrogens is 2. The molecule has 2 aromatic carbocycles. The molecule has 0 atom stereocenters. The number of carbonyl (C=O) groups excluding carboxylic acids is 2. The van der Waals surface area contributed by atoms with Crippen LogP contribution in [0.1, 0.15) is 27.8 Å². The predicted molar refractivity (Wildman–Crippen MR) is 111 cm³/mol. The van der Waals surface area contributed by atoms with Gasteiger partial charge in [-0.05, 0) is 42.8 Å². The van der Waals surface area contributed by atoms with Crippen LogP contribution in [0.15, 0.2) is 60.7 Å². The zero-order chi connectivity index (χ0) is 20.6. The molecular weight excluding hydrogens is 368 g/mol. The Labute approximate surface area is 169 Å². The van der Waals surface area contributed by atoms with E-state index in [0.29, 0.717) is 31.0 Å². The Bertz CT molecular complexity index is 965. The third-order valence-electron chi connectivity index (χ3n) is 4.31. The smallest absolute Gasteiger partial charge is 0.271 e. The number of nitrogens with zero attached hydrogens (tertiary/aromatic N) is 2. The van der Waals surface area contributed by atoms with Crippen molar-refractivity contribution in [2.24, 2.45) is 7.05 Å². The van der Waals surface area contributed by atoms with Gasteiger partial charge in [-0.1, -0.05) is 30.3 Å². The monoisotopic (exact) mass is 392 g/mol. The average Bonchev–Trinajstić information content (AvgIpc) is 3.14. The Hall–Kier alpha value is -3.61. The zero-order valence-corrected chi connectivity index (χ0v) is 16.5. The largest absolute Gasteiger partial charge is 0.494 e. The van der Waals surface area contributed by atoms with Crippen molar-refractivity contribution in [3.05, 3.63) is 71.9 Å². The number of ether oxygens (including phenoxy) is 1. The Kier molecular flexibility index (Phi) is 6.63. The molecule has 1 heterocycles. The number of amides is 2. The second-order valence-electron chi connectivity index (χ2n) is 6.37. The third-order valence-corrected chi connectivity index (χ3v) is 4.31. The predicted octanol–water partition coefficient (Wildman–Crippen LogP) is 2.65. The summed E-state index contributed by atoms with van der Waals surface area (Å²) >= 11 is 0. The third kappa shape index (κ3) is 5.22. The summed E-state index contributed by atoms with van der Waals surface area (Å²) in [5.41, 5.74) is 2.73. The Balaban J connectivity index is 1.48. The Morgan fingerprint density at radius 1 is 0.966 bits per heavy atom. The van der Waals surface area contributed by atoms with E-state index in [1.807, 2.05) is 37.3 Å². The molecule has 0 fully saturated rings. The second-order valence-corrected chi connectivity index (χ2v) is 6.37. The van der Waals surface area contributed by atoms with Gasteiger partial charge < -0.3 is 15.4 Å². The van der Waals surface area contributed by atoms with E-state index in [1.54, 1.807) is 42.1 Å². The van der Waals surface area contributed by atoms with Gasteiger partial charge in [0.1, 0.15) is 5.75 Å². The van der Waals surface area contributed by atoms with E-state index in [-0.39, 0.29) is 11.8 Å². The molecule has 7 heteroatoms. The lowest BCUT2D eigenvalue weighted by Gasteiger charge is -2.07. The van der Waals surface area contributed by atoms with E-state index in [0.717, 1.165) is 17.0 Å². The van der Waals surface area contributed by atoms with E-state index in [2.05, 4.69) is 15.7 Å². The lowest BCUT2D eigenvalue weighted by molar-refractivity contribution is 0.0924. The molecule has 1 aromatic heterocycles. The van der Waals surface area contributed by atoms with Gasteiger partial charge in [-0.15, -0.1) is 0 Å². The second kappa shape index (κ2) is 9.54. The minimum Gasteiger partial charge on any atom is -0.494 e. The van der Waals surface area contributed by atoms with Crippen molar-refractivity contribution in [1.29, 1.82) is 0 Å². The minimum absolute atomic E-state index is 0.202. The highest BCUT2D eigenvalue weighted by Gasteiger charge is 2.13. The van der Waals surface area contributed by atoms with E-state index < -0.39 is 0 Å². The van der Waals surface area contributed by atoms with Crippen LogP contribution in [0.3, 0.4) is 0 Å². The highest BCUT2D eigenvalue weighted by atomic mass is 16.5. The van der Waals surface area contributed by atoms with Crippen LogP contribution in [0.2, 0.25) is 0 Å². The number of aryl methyl sites for hydroxylation is 1. The van der Waals surface area contributed by atoms with Gasteiger partial charge >= 0.3 is 0 Å². The Morgan fingerprint density at radius 3 is 2.28 bits per heavy atom. The maximum atomic E-state index is 12.3. The maximum absolute atomic E-state index is 12.3. The van der Waals surface area contributed by atoms with Crippen LogP contribution in [0.5, 0.6) is 5.75 Å². The van der Waals surface area contributed by atoms with Crippen molar-refractivity contribution in [3.8, 4) is 17.0 Å². The molecular formula is C22H24N4O3. The number of benzene rings is 2. The normalized spacial score (nSPS) is 10.4. The molecule has 150 valence electrons. The van der Waals surface area contributed by atoms with Gasteiger partial charge in [0.15, 0.2) is 5.69 Å². The van der Waals surface area contributed by atoms with Crippen molar-refractivity contribution in [2.75, 3.05) is 19.7 Å². The summed E-state index contributed by atoms with van der Waals surface area (Å²) in [6.45, 7) is 3.10. The first-order chi connectivity index (χ1) is 14.1. The molecule has 0 aliphatic rings. The standard InChI is InChI=1S/C22H24N4O3/c1-3-29-18-11-9-17(10-12-18)21(27)23-13-14-24-22(28)19-15-20(26(2)25-19)16-7-5-4-6-8-16/h4-12,15H,3,13-14H2,1-2H3,(H,23,27)(H,24,28). The topological polar surface area (TPSA) is 85.3 Å². The number of hydrogen-bond donors (Lipinski definition) is 2. The maximum Gasteiger partial charge on any atom is 0.271 e. The molecule has 0 radical (unpaired) electrons. The van der Waals surface area contributed by atoms with Crippen LogP contribution < -0.4 is 15.4 Å². The van der Waals surface area contributed by atoms with Gasteiger partial charge in [-0.25, -0.2) is 0 Å². The Morgan fingerprint density at radius 2 is 1.62 bits per heavy atom. The SMILES string of the molecule is CCOc1ccc(C(=O)NCCNC(=O)c2cc(-c3ccccc3)n(C)n2)cc1. The van der Waals surface area contributed by atoms with Crippen molar-refractivity contribution in [2.45, 2.75) is 6.92 Å². The van der Waals surface area contributed by atoms with Crippen molar-refractivity contribution >= 4 is 11.8 Å². The van der Waals surface area contributed by atoms with Crippen LogP contribution in [0.25, 0.3) is 11.3 Å². The molecule has 7 nitrogen and oxygen atoms in total. The van der Waals surface area contributed by atoms with Crippen molar-refractivity contribution in [1.82, 2.24) is 20.4 Å². The molecule has 3 aromatic rings. The van der Waals surface area contributed by atoms with Gasteiger partial charge in [-0.3, -0.25) is 14.3 Å². The summed E-state index contributed by atoms with van der Waals surface area (Å²) in [6, 6.07) is 18.4. The van der Waals surface area contributed by atoms with Crippen molar-refractivity contribution < 1.29 is 14.3 Å². The number of rotatable bonds is 8. The van der Waals surface area contributed by atoms with Crippen LogP contribution in [0.4, 0.5) is 0 Å². The zero-order valence-electron chi connectivity index (χ0n) is 16.5. The van der Waals surface area contributed by atoms with Gasteiger partial charge in [0.2, 0.25) is 0 Å². The number of hydrogen-bond acceptors (Lipinski definition) is 4. The van der Waals surface area contributed by atoms with E-state index in [4.69, 9.17) is 4.74 Å². The first-order valence-corrected chi connectivity index (χ1v) is 9.47. The minimum atomic E-state index is -0.280. The van der Waals surface area contributed by atoms with Gasteiger partial charge in [-0.2, -0.15) is 5.10 Å². The average molecular weight is 392 g/mol. The first-order valence-electron chi connectivity index (χ1n) is 9.47. The summed E-state index contributed by atoms with van der Waals surface area (Å²) in [4.78, 5) is 24.5. The summed E-state index contributed by atoms with van der Waals surface area (Å²) < 4.78 is 7.04. The van der Waals surface area contributed by atoms with Gasteiger partial charge in [0.05, 0.1) is 12.3 Å². The molecule has 3 rings (SSSR count). The van der Waals surface area contributed by atoms with Gasteiger partial charge in [0, 0.05) is 25.7 Å². The van der Waals surface area contributed by atoms with E-state index in [9.17, 15) is 9.59 Å². The molecule has 0 saturated heterocycles. The van der Waals surface area contributed by atoms with Crippen LogP contribution in [-0.2, 0) is 7.05 Å². The number of carbonyl (C=O) groups is 2.